The number of benzene rings is 1. The van der Waals surface area contributed by atoms with E-state index in [9.17, 15) is 9.59 Å². The van der Waals surface area contributed by atoms with E-state index in [-0.39, 0.29) is 12.6 Å². The summed E-state index contributed by atoms with van der Waals surface area (Å²) in [6.45, 7) is 4.07. The number of piperidine rings is 1. The van der Waals surface area contributed by atoms with Gasteiger partial charge in [-0.1, -0.05) is 12.1 Å². The van der Waals surface area contributed by atoms with Gasteiger partial charge in [0.25, 0.3) is 0 Å². The third-order valence-corrected chi connectivity index (χ3v) is 4.26. The zero-order valence-electron chi connectivity index (χ0n) is 14.8. The Morgan fingerprint density at radius 3 is 2.88 bits per heavy atom. The first-order valence-corrected chi connectivity index (χ1v) is 8.48. The highest BCUT2D eigenvalue weighted by Crippen LogP contribution is 2.21. The van der Waals surface area contributed by atoms with Crippen molar-refractivity contribution < 1.29 is 24.2 Å². The van der Waals surface area contributed by atoms with Gasteiger partial charge in [-0.2, -0.15) is 0 Å². The minimum Gasteiger partial charge on any atom is -0.491 e. The summed E-state index contributed by atoms with van der Waals surface area (Å²) in [4.78, 5) is 25.0. The number of urea groups is 1. The molecule has 2 N–H and O–H groups in total. The molecule has 25 heavy (non-hydrogen) atoms. The van der Waals surface area contributed by atoms with E-state index in [1.807, 2.05) is 25.1 Å². The van der Waals surface area contributed by atoms with Crippen molar-refractivity contribution in [1.82, 2.24) is 10.2 Å². The molecular weight excluding hydrogens is 324 g/mol. The second-order valence-corrected chi connectivity index (χ2v) is 6.23. The smallest absolute Gasteiger partial charge is 0.317 e. The highest BCUT2D eigenvalue weighted by Gasteiger charge is 2.28. The Labute approximate surface area is 147 Å². The molecule has 0 aromatic heterocycles. The first-order chi connectivity index (χ1) is 12.0. The van der Waals surface area contributed by atoms with Crippen molar-refractivity contribution in [3.8, 4) is 5.75 Å². The first kappa shape index (κ1) is 19.1. The van der Waals surface area contributed by atoms with E-state index in [1.165, 1.54) is 0 Å². The summed E-state index contributed by atoms with van der Waals surface area (Å²) in [5.74, 6) is -0.601. The number of carbonyl (C=O) groups excluding carboxylic acids is 1. The van der Waals surface area contributed by atoms with E-state index in [1.54, 1.807) is 12.0 Å². The summed E-state index contributed by atoms with van der Waals surface area (Å²) in [7, 11) is 1.61. The second-order valence-electron chi connectivity index (χ2n) is 6.23. The molecule has 1 aromatic rings. The normalized spacial score (nSPS) is 17.2. The number of likely N-dealkylation sites (tertiary alicyclic amines) is 1. The van der Waals surface area contributed by atoms with Crippen LogP contribution in [0.1, 0.15) is 24.0 Å². The molecule has 1 saturated heterocycles. The average molecular weight is 350 g/mol. The maximum Gasteiger partial charge on any atom is 0.317 e. The van der Waals surface area contributed by atoms with Crippen LogP contribution in [0, 0.1) is 12.8 Å². The summed E-state index contributed by atoms with van der Waals surface area (Å²) in [5, 5.41) is 12.0. The van der Waals surface area contributed by atoms with E-state index in [2.05, 4.69) is 5.32 Å². The molecule has 1 aliphatic rings. The van der Waals surface area contributed by atoms with Gasteiger partial charge < -0.3 is 24.8 Å². The molecule has 2 amide bonds. The minimum atomic E-state index is -0.843. The summed E-state index contributed by atoms with van der Waals surface area (Å²) in [6, 6.07) is 5.58. The van der Waals surface area contributed by atoms with Crippen LogP contribution in [0.2, 0.25) is 0 Å². The van der Waals surface area contributed by atoms with Gasteiger partial charge in [-0.05, 0) is 31.4 Å². The van der Waals surface area contributed by atoms with Crippen molar-refractivity contribution in [2.75, 3.05) is 33.4 Å². The molecule has 7 heteroatoms. The maximum absolute atomic E-state index is 12.3. The van der Waals surface area contributed by atoms with Gasteiger partial charge in [-0.15, -0.1) is 0 Å². The van der Waals surface area contributed by atoms with Gasteiger partial charge in [0, 0.05) is 32.3 Å². The SMILES string of the molecule is COCCOc1cc(C)ccc1CNC(=O)N1CCCC(C(=O)O)C1. The van der Waals surface area contributed by atoms with E-state index in [0.717, 1.165) is 16.9 Å². The maximum atomic E-state index is 12.3. The molecule has 0 saturated carbocycles. The molecule has 0 spiro atoms. The standard InChI is InChI=1S/C18H26N2O5/c1-13-5-6-14(16(10-13)25-9-8-24-2)11-19-18(23)20-7-3-4-15(12-20)17(21)22/h5-6,10,15H,3-4,7-9,11-12H2,1-2H3,(H,19,23)(H,21,22). The molecule has 1 aromatic carbocycles. The van der Waals surface area contributed by atoms with E-state index in [0.29, 0.717) is 39.1 Å². The Balaban J connectivity index is 1.93. The number of rotatable bonds is 7. The van der Waals surface area contributed by atoms with Crippen molar-refractivity contribution >= 4 is 12.0 Å². The Morgan fingerprint density at radius 1 is 1.36 bits per heavy atom. The van der Waals surface area contributed by atoms with Gasteiger partial charge in [-0.3, -0.25) is 4.79 Å². The molecule has 1 atom stereocenters. The molecule has 1 fully saturated rings. The van der Waals surface area contributed by atoms with Crippen LogP contribution in [0.15, 0.2) is 18.2 Å². The fraction of sp³-hybridized carbons (Fsp3) is 0.556. The van der Waals surface area contributed by atoms with Gasteiger partial charge in [0.15, 0.2) is 0 Å². The fourth-order valence-corrected chi connectivity index (χ4v) is 2.82. The fourth-order valence-electron chi connectivity index (χ4n) is 2.82. The number of carboxylic acids is 1. The van der Waals surface area contributed by atoms with Crippen molar-refractivity contribution in [2.45, 2.75) is 26.3 Å². The molecular formula is C18H26N2O5. The molecule has 0 aliphatic carbocycles. The van der Waals surface area contributed by atoms with Crippen molar-refractivity contribution in [2.24, 2.45) is 5.92 Å². The monoisotopic (exact) mass is 350 g/mol. The molecule has 1 unspecified atom stereocenters. The summed E-state index contributed by atoms with van der Waals surface area (Å²) in [5.41, 5.74) is 1.95. The van der Waals surface area contributed by atoms with Crippen LogP contribution in [0.5, 0.6) is 5.75 Å². The number of nitrogens with one attached hydrogen (secondary N) is 1. The van der Waals surface area contributed by atoms with Crippen molar-refractivity contribution in [1.29, 1.82) is 0 Å². The molecule has 1 aliphatic heterocycles. The van der Waals surface area contributed by atoms with Crippen LogP contribution in [0.25, 0.3) is 0 Å². The second kappa shape index (κ2) is 9.27. The van der Waals surface area contributed by atoms with Gasteiger partial charge >= 0.3 is 12.0 Å². The Kier molecular flexibility index (Phi) is 7.06. The van der Waals surface area contributed by atoms with Crippen LogP contribution >= 0.6 is 0 Å². The van der Waals surface area contributed by atoms with Crippen LogP contribution in [-0.4, -0.2) is 55.4 Å². The lowest BCUT2D eigenvalue weighted by Gasteiger charge is -2.30. The Morgan fingerprint density at radius 2 is 2.16 bits per heavy atom. The Bertz CT molecular complexity index is 605. The summed E-state index contributed by atoms with van der Waals surface area (Å²) >= 11 is 0. The third-order valence-electron chi connectivity index (χ3n) is 4.26. The zero-order chi connectivity index (χ0) is 18.2. The van der Waals surface area contributed by atoms with Gasteiger partial charge in [0.1, 0.15) is 12.4 Å². The number of aryl methyl sites for hydroxylation is 1. The van der Waals surface area contributed by atoms with Crippen molar-refractivity contribution in [3.63, 3.8) is 0 Å². The molecule has 138 valence electrons. The number of aliphatic carboxylic acids is 1. The number of carboxylic acid groups (broad SMARTS) is 1. The number of hydrogen-bond acceptors (Lipinski definition) is 4. The third kappa shape index (κ3) is 5.63. The summed E-state index contributed by atoms with van der Waals surface area (Å²) in [6.07, 6.45) is 1.33. The predicted molar refractivity (Wildman–Crippen MR) is 92.7 cm³/mol. The predicted octanol–water partition coefficient (Wildman–Crippen LogP) is 2.03. The van der Waals surface area contributed by atoms with Crippen LogP contribution < -0.4 is 10.1 Å². The quantitative estimate of drug-likeness (QED) is 0.735. The van der Waals surface area contributed by atoms with E-state index >= 15 is 0 Å². The topological polar surface area (TPSA) is 88.1 Å². The minimum absolute atomic E-state index is 0.241. The van der Waals surface area contributed by atoms with Crippen molar-refractivity contribution in [3.05, 3.63) is 29.3 Å². The molecule has 2 rings (SSSR count). The van der Waals surface area contributed by atoms with E-state index in [4.69, 9.17) is 14.6 Å². The number of ether oxygens (including phenoxy) is 2. The number of nitrogens with zero attached hydrogens (tertiary/aromatic N) is 1. The van der Waals surface area contributed by atoms with Crippen LogP contribution in [0.4, 0.5) is 4.79 Å². The average Bonchev–Trinajstić information content (AvgIpc) is 2.61. The number of hydrogen-bond donors (Lipinski definition) is 2. The van der Waals surface area contributed by atoms with E-state index < -0.39 is 11.9 Å². The highest BCUT2D eigenvalue weighted by atomic mass is 16.5. The lowest BCUT2D eigenvalue weighted by Crippen LogP contribution is -2.46. The summed E-state index contributed by atoms with van der Waals surface area (Å²) < 4.78 is 10.7. The highest BCUT2D eigenvalue weighted by molar-refractivity contribution is 5.76. The van der Waals surface area contributed by atoms with Crippen LogP contribution in [-0.2, 0) is 16.1 Å². The number of methoxy groups -OCH3 is 1. The molecule has 1 heterocycles. The van der Waals surface area contributed by atoms with Gasteiger partial charge in [0.05, 0.1) is 12.5 Å². The van der Waals surface area contributed by atoms with Gasteiger partial charge in [-0.25, -0.2) is 4.79 Å². The molecule has 0 radical (unpaired) electrons. The number of carbonyl (C=O) groups is 2. The van der Waals surface area contributed by atoms with Crippen LogP contribution in [0.3, 0.4) is 0 Å². The van der Waals surface area contributed by atoms with Gasteiger partial charge in [0.2, 0.25) is 0 Å². The molecule has 7 nitrogen and oxygen atoms in total. The number of amides is 2. The largest absolute Gasteiger partial charge is 0.491 e. The first-order valence-electron chi connectivity index (χ1n) is 8.48. The zero-order valence-corrected chi connectivity index (χ0v) is 14.8. The lowest BCUT2D eigenvalue weighted by molar-refractivity contribution is -0.143. The lowest BCUT2D eigenvalue weighted by atomic mass is 9.99. The Hall–Kier alpha value is -2.28. The molecule has 0 bridgehead atoms.